The number of benzene rings is 1. The number of anilines is 1. The van der Waals surface area contributed by atoms with Gasteiger partial charge in [0.2, 0.25) is 0 Å². The van der Waals surface area contributed by atoms with E-state index in [9.17, 15) is 0 Å². The molecular weight excluding hydrogens is 262 g/mol. The van der Waals surface area contributed by atoms with Gasteiger partial charge in [0.1, 0.15) is 8.07 Å². The lowest BCUT2D eigenvalue weighted by Crippen LogP contribution is -2.28. The van der Waals surface area contributed by atoms with E-state index < -0.39 is 8.07 Å². The highest BCUT2D eigenvalue weighted by Gasteiger charge is 2.55. The smallest absolute Gasteiger partial charge is 0.111 e. The van der Waals surface area contributed by atoms with Crippen LogP contribution in [0.3, 0.4) is 0 Å². The molecule has 0 aromatic heterocycles. The van der Waals surface area contributed by atoms with Crippen molar-refractivity contribution in [1.82, 2.24) is 0 Å². The Morgan fingerprint density at radius 2 is 2.05 bits per heavy atom. The largest absolute Gasteiger partial charge is 0.396 e. The standard InChI is InChI=1S/C17H25NOSi/c1-17(2,3)18-13-8-5-7-12-11-14-16(15(12)13)20(14,4)10-6-9-19/h5,7-8,18-19H,6,9-11H2,1-4H3. The van der Waals surface area contributed by atoms with Crippen LogP contribution in [0.15, 0.2) is 23.4 Å². The predicted octanol–water partition coefficient (Wildman–Crippen LogP) is 3.76. The molecular formula is C17H25NOSi. The Balaban J connectivity index is 1.90. The summed E-state index contributed by atoms with van der Waals surface area (Å²) in [6.45, 7) is 9.45. The molecule has 3 heteroatoms. The van der Waals surface area contributed by atoms with E-state index in [1.54, 1.807) is 10.4 Å². The van der Waals surface area contributed by atoms with Gasteiger partial charge in [-0.25, -0.2) is 0 Å². The van der Waals surface area contributed by atoms with E-state index in [0.29, 0.717) is 6.61 Å². The molecule has 1 aromatic rings. The van der Waals surface area contributed by atoms with E-state index in [1.165, 1.54) is 29.3 Å². The molecule has 1 unspecified atom stereocenters. The van der Waals surface area contributed by atoms with Crippen molar-refractivity contribution in [1.29, 1.82) is 0 Å². The first-order chi connectivity index (χ1) is 9.37. The highest BCUT2D eigenvalue weighted by molar-refractivity contribution is 7.14. The number of hydrogen-bond acceptors (Lipinski definition) is 2. The Bertz CT molecular complexity index is 585. The number of fused-ring (bicyclic) bond motifs is 2. The summed E-state index contributed by atoms with van der Waals surface area (Å²) in [5.74, 6) is 0. The summed E-state index contributed by atoms with van der Waals surface area (Å²) in [4.78, 5) is 0. The van der Waals surface area contributed by atoms with Gasteiger partial charge in [0.15, 0.2) is 0 Å². The van der Waals surface area contributed by atoms with Crippen molar-refractivity contribution >= 4 is 19.0 Å². The fourth-order valence-electron chi connectivity index (χ4n) is 3.64. The molecule has 1 atom stereocenters. The van der Waals surface area contributed by atoms with Gasteiger partial charge in [-0.1, -0.05) is 23.9 Å². The average molecular weight is 287 g/mol. The molecule has 20 heavy (non-hydrogen) atoms. The number of nitrogens with one attached hydrogen (secondary N) is 1. The fourth-order valence-corrected chi connectivity index (χ4v) is 8.31. The van der Waals surface area contributed by atoms with Gasteiger partial charge in [-0.2, -0.15) is 0 Å². The molecule has 0 radical (unpaired) electrons. The summed E-state index contributed by atoms with van der Waals surface area (Å²) >= 11 is 0. The summed E-state index contributed by atoms with van der Waals surface area (Å²) in [6, 6.07) is 7.89. The highest BCUT2D eigenvalue weighted by Crippen LogP contribution is 2.60. The topological polar surface area (TPSA) is 32.3 Å². The summed E-state index contributed by atoms with van der Waals surface area (Å²) in [7, 11) is -1.30. The van der Waals surface area contributed by atoms with Crippen LogP contribution in [0.25, 0.3) is 5.20 Å². The van der Waals surface area contributed by atoms with Crippen molar-refractivity contribution in [2.45, 2.75) is 51.7 Å². The van der Waals surface area contributed by atoms with E-state index in [0.717, 1.165) is 6.42 Å². The molecule has 2 N–H and O–H groups in total. The second kappa shape index (κ2) is 4.47. The lowest BCUT2D eigenvalue weighted by atomic mass is 10.0. The van der Waals surface area contributed by atoms with E-state index in [2.05, 4.69) is 50.8 Å². The first-order valence-electron chi connectivity index (χ1n) is 7.62. The lowest BCUT2D eigenvalue weighted by Gasteiger charge is -2.26. The molecule has 1 heterocycles. The van der Waals surface area contributed by atoms with Crippen LogP contribution in [0.4, 0.5) is 5.69 Å². The first-order valence-corrected chi connectivity index (χ1v) is 10.3. The second-order valence-corrected chi connectivity index (χ2v) is 11.7. The number of rotatable bonds is 4. The fraction of sp³-hybridized carbons (Fsp3) is 0.529. The van der Waals surface area contributed by atoms with Gasteiger partial charge < -0.3 is 10.4 Å². The van der Waals surface area contributed by atoms with Crippen LogP contribution in [-0.2, 0) is 6.42 Å². The lowest BCUT2D eigenvalue weighted by molar-refractivity contribution is 0.294. The Labute approximate surface area is 122 Å². The number of hydrogen-bond donors (Lipinski definition) is 2. The van der Waals surface area contributed by atoms with Crippen molar-refractivity contribution in [3.05, 3.63) is 34.5 Å². The molecule has 0 fully saturated rings. The molecule has 3 rings (SSSR count). The third-order valence-corrected chi connectivity index (χ3v) is 9.09. The maximum absolute atomic E-state index is 9.11. The normalized spacial score (nSPS) is 23.6. The number of allylic oxidation sites excluding steroid dienone is 1. The monoisotopic (exact) mass is 287 g/mol. The van der Waals surface area contributed by atoms with Crippen molar-refractivity contribution in [2.75, 3.05) is 11.9 Å². The zero-order valence-electron chi connectivity index (χ0n) is 13.0. The summed E-state index contributed by atoms with van der Waals surface area (Å²) < 4.78 is 0. The zero-order valence-corrected chi connectivity index (χ0v) is 14.0. The molecule has 1 aliphatic heterocycles. The average Bonchev–Trinajstić information content (AvgIpc) is 2.74. The van der Waals surface area contributed by atoms with Gasteiger partial charge in [-0.05, 0) is 56.5 Å². The number of aliphatic hydroxyl groups is 1. The molecule has 1 aliphatic carbocycles. The van der Waals surface area contributed by atoms with Crippen LogP contribution in [0.1, 0.15) is 38.3 Å². The minimum absolute atomic E-state index is 0.0936. The molecule has 0 saturated carbocycles. The maximum Gasteiger partial charge on any atom is 0.111 e. The Hall–Kier alpha value is -1.06. The summed E-state index contributed by atoms with van der Waals surface area (Å²) in [5, 5.41) is 16.2. The van der Waals surface area contributed by atoms with E-state index >= 15 is 0 Å². The van der Waals surface area contributed by atoms with Crippen LogP contribution in [-0.4, -0.2) is 25.3 Å². The molecule has 1 aromatic carbocycles. The SMILES string of the molecule is CC(C)(C)Nc1cccc2c1C1=C(C2)[Si]1(C)CCCO. The van der Waals surface area contributed by atoms with Crippen molar-refractivity contribution < 1.29 is 5.11 Å². The molecule has 2 nitrogen and oxygen atoms in total. The van der Waals surface area contributed by atoms with E-state index in [1.807, 2.05) is 0 Å². The maximum atomic E-state index is 9.11. The van der Waals surface area contributed by atoms with Crippen LogP contribution in [0.2, 0.25) is 12.6 Å². The molecule has 0 amide bonds. The van der Waals surface area contributed by atoms with Gasteiger partial charge in [0.05, 0.1) is 0 Å². The highest BCUT2D eigenvalue weighted by atomic mass is 28.3. The molecule has 0 saturated heterocycles. The van der Waals surface area contributed by atoms with Crippen molar-refractivity contribution in [3.63, 3.8) is 0 Å². The molecule has 0 bridgehead atoms. The van der Waals surface area contributed by atoms with Gasteiger partial charge in [0.25, 0.3) is 0 Å². The predicted molar refractivity (Wildman–Crippen MR) is 88.6 cm³/mol. The third kappa shape index (κ3) is 2.13. The molecule has 0 spiro atoms. The molecule has 108 valence electrons. The van der Waals surface area contributed by atoms with Gasteiger partial charge in [-0.15, -0.1) is 0 Å². The number of aliphatic hydroxyl groups excluding tert-OH is 1. The van der Waals surface area contributed by atoms with Gasteiger partial charge in [0, 0.05) is 23.4 Å². The third-order valence-electron chi connectivity index (χ3n) is 4.57. The Morgan fingerprint density at radius 1 is 1.30 bits per heavy atom. The van der Waals surface area contributed by atoms with E-state index in [4.69, 9.17) is 5.11 Å². The van der Waals surface area contributed by atoms with Crippen LogP contribution in [0.5, 0.6) is 0 Å². The Morgan fingerprint density at radius 3 is 2.70 bits per heavy atom. The van der Waals surface area contributed by atoms with Crippen molar-refractivity contribution in [2.24, 2.45) is 0 Å². The molecule has 2 aliphatic rings. The minimum atomic E-state index is -1.30. The minimum Gasteiger partial charge on any atom is -0.396 e. The van der Waals surface area contributed by atoms with Gasteiger partial charge in [-0.3, -0.25) is 0 Å². The summed E-state index contributed by atoms with van der Waals surface area (Å²) in [5.41, 5.74) is 4.40. The quantitative estimate of drug-likeness (QED) is 0.826. The Kier molecular flexibility index (Phi) is 3.10. The van der Waals surface area contributed by atoms with Crippen LogP contribution in [0, 0.1) is 0 Å². The first kappa shape index (κ1) is 13.9. The van der Waals surface area contributed by atoms with Crippen molar-refractivity contribution in [3.8, 4) is 0 Å². The van der Waals surface area contributed by atoms with Crippen LogP contribution >= 0.6 is 0 Å². The van der Waals surface area contributed by atoms with Gasteiger partial charge >= 0.3 is 0 Å². The zero-order chi connectivity index (χ0) is 14.5. The van der Waals surface area contributed by atoms with E-state index in [-0.39, 0.29) is 5.54 Å². The summed E-state index contributed by atoms with van der Waals surface area (Å²) in [6.07, 6.45) is 2.12. The van der Waals surface area contributed by atoms with Crippen LogP contribution < -0.4 is 5.32 Å². The second-order valence-electron chi connectivity index (χ2n) is 7.40.